The molecule has 0 spiro atoms. The van der Waals surface area contributed by atoms with Gasteiger partial charge < -0.3 is 10.2 Å². The molecule has 0 aliphatic carbocycles. The highest BCUT2D eigenvalue weighted by Gasteiger charge is 2.31. The van der Waals surface area contributed by atoms with Crippen LogP contribution in [0.1, 0.15) is 36.2 Å². The largest absolute Gasteiger partial charge is 0.337 e. The van der Waals surface area contributed by atoms with Crippen molar-refractivity contribution in [2.24, 2.45) is 5.92 Å². The van der Waals surface area contributed by atoms with E-state index in [-0.39, 0.29) is 11.5 Å². The molecule has 1 amide bonds. The fraction of sp³-hybridized carbons (Fsp3) is 0.643. The summed E-state index contributed by atoms with van der Waals surface area (Å²) < 4.78 is 0. The molecule has 0 aromatic carbocycles. The van der Waals surface area contributed by atoms with Crippen molar-refractivity contribution in [2.45, 2.75) is 31.7 Å². The average molecular weight is 276 g/mol. The molecule has 2 aliphatic heterocycles. The summed E-state index contributed by atoms with van der Waals surface area (Å²) in [5.41, 5.74) is 0.0397. The van der Waals surface area contributed by atoms with E-state index >= 15 is 0 Å². The van der Waals surface area contributed by atoms with Gasteiger partial charge in [-0.3, -0.25) is 9.59 Å². The van der Waals surface area contributed by atoms with Gasteiger partial charge in [-0.2, -0.15) is 5.10 Å². The minimum Gasteiger partial charge on any atom is -0.337 e. The Labute approximate surface area is 117 Å². The van der Waals surface area contributed by atoms with Gasteiger partial charge in [-0.15, -0.1) is 0 Å². The molecule has 2 saturated heterocycles. The topological polar surface area (TPSA) is 78.1 Å². The second-order valence-electron chi connectivity index (χ2n) is 5.66. The van der Waals surface area contributed by atoms with E-state index < -0.39 is 0 Å². The van der Waals surface area contributed by atoms with E-state index in [0.717, 1.165) is 26.1 Å². The van der Waals surface area contributed by atoms with Crippen LogP contribution in [0.25, 0.3) is 0 Å². The van der Waals surface area contributed by atoms with Crippen LogP contribution in [0.2, 0.25) is 0 Å². The third kappa shape index (κ3) is 2.75. The van der Waals surface area contributed by atoms with Crippen LogP contribution in [0, 0.1) is 5.92 Å². The molecule has 3 rings (SSSR count). The monoisotopic (exact) mass is 276 g/mol. The van der Waals surface area contributed by atoms with E-state index in [1.807, 2.05) is 4.90 Å². The lowest BCUT2D eigenvalue weighted by molar-refractivity contribution is 0.0644. The van der Waals surface area contributed by atoms with Crippen LogP contribution in [-0.4, -0.2) is 46.7 Å². The van der Waals surface area contributed by atoms with E-state index in [1.54, 1.807) is 0 Å². The van der Waals surface area contributed by atoms with Crippen LogP contribution in [0.15, 0.2) is 16.9 Å². The number of carbonyl (C=O) groups excluding carboxylic acids is 1. The van der Waals surface area contributed by atoms with E-state index in [4.69, 9.17) is 0 Å². The van der Waals surface area contributed by atoms with Crippen molar-refractivity contribution < 1.29 is 4.79 Å². The van der Waals surface area contributed by atoms with Crippen LogP contribution in [0.5, 0.6) is 0 Å². The second kappa shape index (κ2) is 5.75. The molecular formula is C14H20N4O2. The number of aromatic amines is 1. The standard InChI is InChI=1S/C14H20N4O2/c19-13-6-5-12(16-17-13)14(20)18-8-2-3-10(9-18)11-4-1-7-15-11/h5-6,10-11,15H,1-4,7-9H2,(H,17,19). The number of H-pyrrole nitrogens is 1. The number of aromatic nitrogens is 2. The van der Waals surface area contributed by atoms with Crippen molar-refractivity contribution in [3.05, 3.63) is 28.2 Å². The van der Waals surface area contributed by atoms with Crippen LogP contribution < -0.4 is 10.9 Å². The minimum absolute atomic E-state index is 0.0797. The van der Waals surface area contributed by atoms with Crippen molar-refractivity contribution in [3.63, 3.8) is 0 Å². The Morgan fingerprint density at radius 2 is 2.20 bits per heavy atom. The van der Waals surface area contributed by atoms with Crippen LogP contribution in [0.4, 0.5) is 0 Å². The molecule has 2 fully saturated rings. The van der Waals surface area contributed by atoms with Gasteiger partial charge in [0.1, 0.15) is 5.69 Å². The van der Waals surface area contributed by atoms with Crippen LogP contribution in [0.3, 0.4) is 0 Å². The van der Waals surface area contributed by atoms with Gasteiger partial charge in [-0.1, -0.05) is 0 Å². The van der Waals surface area contributed by atoms with Crippen molar-refractivity contribution in [3.8, 4) is 0 Å². The molecule has 0 radical (unpaired) electrons. The number of nitrogens with zero attached hydrogens (tertiary/aromatic N) is 2. The summed E-state index contributed by atoms with van der Waals surface area (Å²) in [6, 6.07) is 3.40. The van der Waals surface area contributed by atoms with Gasteiger partial charge in [0.05, 0.1) is 0 Å². The second-order valence-corrected chi connectivity index (χ2v) is 5.66. The molecule has 0 bridgehead atoms. The Bertz CT molecular complexity index is 516. The molecule has 6 nitrogen and oxygen atoms in total. The first-order chi connectivity index (χ1) is 9.74. The number of carbonyl (C=O) groups is 1. The molecule has 108 valence electrons. The van der Waals surface area contributed by atoms with Gasteiger partial charge in [0.15, 0.2) is 0 Å². The maximum atomic E-state index is 12.4. The number of piperidine rings is 1. The number of hydrogen-bond donors (Lipinski definition) is 2. The first kappa shape index (κ1) is 13.3. The zero-order valence-corrected chi connectivity index (χ0v) is 11.5. The fourth-order valence-electron chi connectivity index (χ4n) is 3.26. The summed E-state index contributed by atoms with van der Waals surface area (Å²) in [5.74, 6) is 0.460. The third-order valence-corrected chi connectivity index (χ3v) is 4.31. The van der Waals surface area contributed by atoms with E-state index in [0.29, 0.717) is 17.7 Å². The molecule has 2 unspecified atom stereocenters. The molecule has 2 aliphatic rings. The lowest BCUT2D eigenvalue weighted by atomic mass is 9.89. The molecule has 1 aromatic rings. The number of likely N-dealkylation sites (tertiary alicyclic amines) is 1. The molecule has 20 heavy (non-hydrogen) atoms. The van der Waals surface area contributed by atoms with E-state index in [2.05, 4.69) is 15.5 Å². The van der Waals surface area contributed by atoms with Crippen LogP contribution in [-0.2, 0) is 0 Å². The minimum atomic E-state index is -0.284. The third-order valence-electron chi connectivity index (χ3n) is 4.31. The van der Waals surface area contributed by atoms with Gasteiger partial charge in [0.25, 0.3) is 11.5 Å². The number of amides is 1. The smallest absolute Gasteiger partial charge is 0.274 e. The lowest BCUT2D eigenvalue weighted by Gasteiger charge is -2.35. The highest BCUT2D eigenvalue weighted by Crippen LogP contribution is 2.25. The zero-order chi connectivity index (χ0) is 13.9. The summed E-state index contributed by atoms with van der Waals surface area (Å²) in [6.07, 6.45) is 4.67. The molecular weight excluding hydrogens is 256 g/mol. The molecule has 2 atom stereocenters. The van der Waals surface area contributed by atoms with Gasteiger partial charge in [-0.05, 0) is 44.2 Å². The Kier molecular flexibility index (Phi) is 3.82. The van der Waals surface area contributed by atoms with Gasteiger partial charge in [0, 0.05) is 25.2 Å². The van der Waals surface area contributed by atoms with Crippen molar-refractivity contribution >= 4 is 5.91 Å². The summed E-state index contributed by atoms with van der Waals surface area (Å²) in [5, 5.41) is 9.68. The first-order valence-electron chi connectivity index (χ1n) is 7.32. The van der Waals surface area contributed by atoms with Crippen molar-refractivity contribution in [1.82, 2.24) is 20.4 Å². The number of hydrogen-bond acceptors (Lipinski definition) is 4. The maximum absolute atomic E-state index is 12.4. The molecule has 0 saturated carbocycles. The van der Waals surface area contributed by atoms with Crippen molar-refractivity contribution in [2.75, 3.05) is 19.6 Å². The quantitative estimate of drug-likeness (QED) is 0.818. The normalized spacial score (nSPS) is 26.7. The van der Waals surface area contributed by atoms with E-state index in [9.17, 15) is 9.59 Å². The summed E-state index contributed by atoms with van der Waals surface area (Å²) in [4.78, 5) is 25.3. The number of rotatable bonds is 2. The Balaban J connectivity index is 1.68. The Morgan fingerprint density at radius 3 is 2.90 bits per heavy atom. The summed E-state index contributed by atoms with van der Waals surface area (Å²) in [6.45, 7) is 2.66. The van der Waals surface area contributed by atoms with Gasteiger partial charge >= 0.3 is 0 Å². The maximum Gasteiger partial charge on any atom is 0.274 e. The predicted molar refractivity (Wildman–Crippen MR) is 74.5 cm³/mol. The molecule has 3 heterocycles. The highest BCUT2D eigenvalue weighted by atomic mass is 16.2. The fourth-order valence-corrected chi connectivity index (χ4v) is 3.26. The van der Waals surface area contributed by atoms with E-state index in [1.165, 1.54) is 31.4 Å². The molecule has 1 aromatic heterocycles. The Hall–Kier alpha value is -1.69. The average Bonchev–Trinajstić information content (AvgIpc) is 3.02. The number of nitrogens with one attached hydrogen (secondary N) is 2. The van der Waals surface area contributed by atoms with Gasteiger partial charge in [-0.25, -0.2) is 5.10 Å². The SMILES string of the molecule is O=C(c1ccc(=O)[nH]n1)N1CCCC(C2CCCN2)C1. The van der Waals surface area contributed by atoms with Gasteiger partial charge in [0.2, 0.25) is 0 Å². The summed E-state index contributed by atoms with van der Waals surface area (Å²) >= 11 is 0. The van der Waals surface area contributed by atoms with Crippen molar-refractivity contribution in [1.29, 1.82) is 0 Å². The Morgan fingerprint density at radius 1 is 1.30 bits per heavy atom. The predicted octanol–water partition coefficient (Wildman–Crippen LogP) is 0.374. The zero-order valence-electron chi connectivity index (χ0n) is 11.5. The lowest BCUT2D eigenvalue weighted by Crippen LogP contribution is -2.46. The molecule has 2 N–H and O–H groups in total. The summed E-state index contributed by atoms with van der Waals surface area (Å²) in [7, 11) is 0. The highest BCUT2D eigenvalue weighted by molar-refractivity contribution is 5.92. The first-order valence-corrected chi connectivity index (χ1v) is 7.32. The van der Waals surface area contributed by atoms with Crippen LogP contribution >= 0.6 is 0 Å². The molecule has 6 heteroatoms.